The first-order chi connectivity index (χ1) is 9.20. The van der Waals surface area contributed by atoms with Crippen molar-refractivity contribution in [3.05, 3.63) is 23.5 Å². The average molecular weight is 303 g/mol. The van der Waals surface area contributed by atoms with Crippen LogP contribution in [0.5, 0.6) is 0 Å². The van der Waals surface area contributed by atoms with E-state index in [4.69, 9.17) is 5.73 Å². The van der Waals surface area contributed by atoms with Gasteiger partial charge >= 0.3 is 0 Å². The van der Waals surface area contributed by atoms with E-state index in [-0.39, 0.29) is 24.6 Å². The molecule has 0 aliphatic carbocycles. The van der Waals surface area contributed by atoms with Gasteiger partial charge in [-0.3, -0.25) is 4.79 Å². The van der Waals surface area contributed by atoms with Crippen LogP contribution in [-0.2, 0) is 14.8 Å². The van der Waals surface area contributed by atoms with Gasteiger partial charge in [-0.1, -0.05) is 0 Å². The molecule has 0 aliphatic rings. The van der Waals surface area contributed by atoms with Crippen LogP contribution in [0.4, 0.5) is 10.1 Å². The Morgan fingerprint density at radius 3 is 2.60 bits per heavy atom. The molecule has 0 unspecified atom stereocenters. The van der Waals surface area contributed by atoms with Crippen LogP contribution in [0.1, 0.15) is 12.0 Å². The molecule has 0 saturated carbocycles. The third kappa shape index (κ3) is 3.45. The van der Waals surface area contributed by atoms with Crippen molar-refractivity contribution < 1.29 is 17.6 Å². The summed E-state index contributed by atoms with van der Waals surface area (Å²) in [6.07, 6.45) is -0.00477. The predicted molar refractivity (Wildman–Crippen MR) is 74.0 cm³/mol. The van der Waals surface area contributed by atoms with Crippen LogP contribution in [0.3, 0.4) is 0 Å². The lowest BCUT2D eigenvalue weighted by Crippen LogP contribution is -2.32. The smallest absolute Gasteiger partial charge is 0.245 e. The van der Waals surface area contributed by atoms with E-state index in [2.05, 4.69) is 5.32 Å². The second kappa shape index (κ2) is 6.19. The number of nitrogens with zero attached hydrogens (tertiary/aromatic N) is 1. The van der Waals surface area contributed by atoms with E-state index in [1.54, 1.807) is 6.92 Å². The van der Waals surface area contributed by atoms with E-state index in [1.165, 1.54) is 14.1 Å². The summed E-state index contributed by atoms with van der Waals surface area (Å²) in [5.41, 5.74) is 6.28. The second-order valence-corrected chi connectivity index (χ2v) is 6.40. The minimum atomic E-state index is -4.01. The molecule has 0 spiro atoms. The highest BCUT2D eigenvalue weighted by atomic mass is 32.2. The first kappa shape index (κ1) is 16.4. The van der Waals surface area contributed by atoms with Gasteiger partial charge in [-0.05, 0) is 24.6 Å². The first-order valence-corrected chi connectivity index (χ1v) is 7.36. The van der Waals surface area contributed by atoms with Crippen LogP contribution >= 0.6 is 0 Å². The fourth-order valence-corrected chi connectivity index (χ4v) is 2.79. The highest BCUT2D eigenvalue weighted by Gasteiger charge is 2.25. The molecular weight excluding hydrogens is 285 g/mol. The number of nitrogens with one attached hydrogen (secondary N) is 1. The number of aryl methyl sites for hydroxylation is 1. The number of benzene rings is 1. The van der Waals surface area contributed by atoms with Gasteiger partial charge < -0.3 is 11.1 Å². The molecule has 8 heteroatoms. The molecule has 0 fully saturated rings. The lowest BCUT2D eigenvalue weighted by atomic mass is 10.2. The molecule has 112 valence electrons. The van der Waals surface area contributed by atoms with Crippen molar-refractivity contribution >= 4 is 21.6 Å². The third-order valence-corrected chi connectivity index (χ3v) is 4.81. The molecule has 0 heterocycles. The third-order valence-electron chi connectivity index (χ3n) is 2.94. The minimum Gasteiger partial charge on any atom is -0.398 e. The van der Waals surface area contributed by atoms with Gasteiger partial charge in [0.2, 0.25) is 15.9 Å². The van der Waals surface area contributed by atoms with Crippen molar-refractivity contribution in [2.45, 2.75) is 18.2 Å². The number of amides is 1. The molecule has 20 heavy (non-hydrogen) atoms. The zero-order valence-electron chi connectivity index (χ0n) is 11.6. The Morgan fingerprint density at radius 2 is 2.05 bits per heavy atom. The molecular formula is C12H18FN3O3S. The maximum atomic E-state index is 13.8. The summed E-state index contributed by atoms with van der Waals surface area (Å²) < 4.78 is 39.2. The summed E-state index contributed by atoms with van der Waals surface area (Å²) in [5.74, 6) is -1.15. The van der Waals surface area contributed by atoms with Crippen molar-refractivity contribution in [3.8, 4) is 0 Å². The van der Waals surface area contributed by atoms with Gasteiger partial charge in [0.25, 0.3) is 0 Å². The molecule has 3 N–H and O–H groups in total. The monoisotopic (exact) mass is 303 g/mol. The Kier molecular flexibility index (Phi) is 5.07. The van der Waals surface area contributed by atoms with E-state index in [0.717, 1.165) is 16.4 Å². The van der Waals surface area contributed by atoms with Gasteiger partial charge in [0, 0.05) is 32.7 Å². The van der Waals surface area contributed by atoms with E-state index >= 15 is 0 Å². The Labute approximate surface area is 117 Å². The topological polar surface area (TPSA) is 92.5 Å². The zero-order valence-corrected chi connectivity index (χ0v) is 12.4. The Morgan fingerprint density at radius 1 is 1.45 bits per heavy atom. The lowest BCUT2D eigenvalue weighted by molar-refractivity contribution is -0.120. The maximum Gasteiger partial charge on any atom is 0.245 e. The Bertz CT molecular complexity index is 617. The largest absolute Gasteiger partial charge is 0.398 e. The number of hydrogen-bond acceptors (Lipinski definition) is 4. The van der Waals surface area contributed by atoms with Gasteiger partial charge in [-0.15, -0.1) is 0 Å². The number of carbonyl (C=O) groups is 1. The number of hydrogen-bond donors (Lipinski definition) is 2. The van der Waals surface area contributed by atoms with Crippen LogP contribution < -0.4 is 11.1 Å². The molecule has 0 aromatic heterocycles. The number of anilines is 1. The first-order valence-electron chi connectivity index (χ1n) is 5.92. The summed E-state index contributed by atoms with van der Waals surface area (Å²) in [6, 6.07) is 2.17. The van der Waals surface area contributed by atoms with Crippen molar-refractivity contribution in [1.29, 1.82) is 0 Å². The van der Waals surface area contributed by atoms with Crippen LogP contribution in [0.25, 0.3) is 0 Å². The molecule has 1 aromatic rings. The quantitative estimate of drug-likeness (QED) is 0.774. The Balaban J connectivity index is 3.04. The number of sulfonamides is 1. The number of rotatable bonds is 5. The molecule has 0 atom stereocenters. The minimum absolute atomic E-state index is 0.00477. The molecule has 1 rings (SSSR count). The van der Waals surface area contributed by atoms with E-state index in [1.807, 2.05) is 0 Å². The van der Waals surface area contributed by atoms with Crippen molar-refractivity contribution in [1.82, 2.24) is 9.62 Å². The molecule has 0 saturated heterocycles. The normalized spacial score (nSPS) is 11.7. The van der Waals surface area contributed by atoms with Gasteiger partial charge in [-0.25, -0.2) is 17.1 Å². The van der Waals surface area contributed by atoms with Crippen LogP contribution in [0, 0.1) is 12.7 Å². The van der Waals surface area contributed by atoms with Crippen LogP contribution in [0.15, 0.2) is 17.0 Å². The van der Waals surface area contributed by atoms with Gasteiger partial charge in [0.1, 0.15) is 10.7 Å². The highest BCUT2D eigenvalue weighted by Crippen LogP contribution is 2.23. The lowest BCUT2D eigenvalue weighted by Gasteiger charge is -2.18. The SMILES string of the molecule is CNC(=O)CCN(C)S(=O)(=O)c1cc(N)c(C)cc1F. The van der Waals surface area contributed by atoms with Crippen molar-refractivity contribution in [2.24, 2.45) is 0 Å². The number of nitrogens with two attached hydrogens (primary N) is 1. The summed E-state index contributed by atoms with van der Waals surface area (Å²) in [4.78, 5) is 10.6. The standard InChI is InChI=1S/C12H18FN3O3S/c1-8-6-9(13)11(7-10(8)14)20(18,19)16(3)5-4-12(17)15-2/h6-7H,4-5,14H2,1-3H3,(H,15,17). The molecule has 6 nitrogen and oxygen atoms in total. The fourth-order valence-electron chi connectivity index (χ4n) is 1.54. The Hall–Kier alpha value is -1.67. The maximum absolute atomic E-state index is 13.8. The number of nitrogen functional groups attached to an aromatic ring is 1. The van der Waals surface area contributed by atoms with E-state index in [0.29, 0.717) is 5.56 Å². The summed E-state index contributed by atoms with van der Waals surface area (Å²) in [7, 11) is -1.27. The van der Waals surface area contributed by atoms with Gasteiger partial charge in [0.15, 0.2) is 0 Å². The van der Waals surface area contributed by atoms with Gasteiger partial charge in [-0.2, -0.15) is 0 Å². The van der Waals surface area contributed by atoms with E-state index in [9.17, 15) is 17.6 Å². The molecule has 1 aromatic carbocycles. The molecule has 0 bridgehead atoms. The van der Waals surface area contributed by atoms with Crippen molar-refractivity contribution in [2.75, 3.05) is 26.4 Å². The fraction of sp³-hybridized carbons (Fsp3) is 0.417. The average Bonchev–Trinajstić information content (AvgIpc) is 2.39. The van der Waals surface area contributed by atoms with Crippen LogP contribution in [0.2, 0.25) is 0 Å². The molecule has 0 radical (unpaired) electrons. The second-order valence-electron chi connectivity index (χ2n) is 4.39. The number of halogens is 1. The van der Waals surface area contributed by atoms with Crippen molar-refractivity contribution in [3.63, 3.8) is 0 Å². The highest BCUT2D eigenvalue weighted by molar-refractivity contribution is 7.89. The molecule has 0 aliphatic heterocycles. The summed E-state index contributed by atoms with van der Waals surface area (Å²) in [6.45, 7) is 1.54. The summed E-state index contributed by atoms with van der Waals surface area (Å²) in [5, 5.41) is 2.39. The zero-order chi connectivity index (χ0) is 15.5. The summed E-state index contributed by atoms with van der Waals surface area (Å²) >= 11 is 0. The van der Waals surface area contributed by atoms with Gasteiger partial charge in [0.05, 0.1) is 0 Å². The van der Waals surface area contributed by atoms with E-state index < -0.39 is 20.7 Å². The molecule has 1 amide bonds. The van der Waals surface area contributed by atoms with Crippen LogP contribution in [-0.4, -0.2) is 39.3 Å². The number of carbonyl (C=O) groups excluding carboxylic acids is 1. The predicted octanol–water partition coefficient (Wildman–Crippen LogP) is 0.473.